The van der Waals surface area contributed by atoms with Crippen LogP contribution in [0.25, 0.3) is 0 Å². The van der Waals surface area contributed by atoms with Crippen LogP contribution in [0.1, 0.15) is 53.8 Å². The number of likely N-dealkylation sites (tertiary alicyclic amines) is 1. The van der Waals surface area contributed by atoms with Gasteiger partial charge in [-0.2, -0.15) is 13.2 Å². The van der Waals surface area contributed by atoms with Crippen molar-refractivity contribution >= 4 is 11.8 Å². The van der Waals surface area contributed by atoms with Crippen LogP contribution in [0.2, 0.25) is 0 Å². The number of hydrogen-bond acceptors (Lipinski definition) is 3. The Labute approximate surface area is 144 Å². The molecule has 1 aliphatic rings. The fourth-order valence-electron chi connectivity index (χ4n) is 2.80. The SMILES string of the molecule is Cc1nc(C(F)(F)F)ccc1C(=O)NCCCN1CCCCCC1=O. The number of pyridine rings is 1. The predicted molar refractivity (Wildman–Crippen MR) is 86.0 cm³/mol. The molecule has 1 saturated heterocycles. The summed E-state index contributed by atoms with van der Waals surface area (Å²) in [6.07, 6.45) is -0.382. The maximum atomic E-state index is 12.6. The van der Waals surface area contributed by atoms with E-state index >= 15 is 0 Å². The molecule has 2 heterocycles. The first-order chi connectivity index (χ1) is 11.8. The van der Waals surface area contributed by atoms with Crippen molar-refractivity contribution in [1.82, 2.24) is 15.2 Å². The lowest BCUT2D eigenvalue weighted by Gasteiger charge is -2.20. The number of hydrogen-bond donors (Lipinski definition) is 1. The largest absolute Gasteiger partial charge is 0.433 e. The molecule has 0 spiro atoms. The second-order valence-electron chi connectivity index (χ2n) is 6.13. The third-order valence-electron chi connectivity index (χ3n) is 4.18. The normalized spacial score (nSPS) is 15.8. The van der Waals surface area contributed by atoms with Gasteiger partial charge in [-0.3, -0.25) is 9.59 Å². The molecule has 0 aliphatic carbocycles. The lowest BCUT2D eigenvalue weighted by atomic mass is 10.1. The molecule has 0 saturated carbocycles. The zero-order valence-electron chi connectivity index (χ0n) is 14.2. The van der Waals surface area contributed by atoms with E-state index in [1.54, 1.807) is 0 Å². The summed E-state index contributed by atoms with van der Waals surface area (Å²) in [5.74, 6) is -0.312. The number of rotatable bonds is 5. The molecule has 2 rings (SSSR count). The summed E-state index contributed by atoms with van der Waals surface area (Å²) in [6.45, 7) is 3.04. The van der Waals surface area contributed by atoms with Crippen molar-refractivity contribution in [3.05, 3.63) is 29.1 Å². The Balaban J connectivity index is 1.83. The highest BCUT2D eigenvalue weighted by atomic mass is 19.4. The monoisotopic (exact) mass is 357 g/mol. The van der Waals surface area contributed by atoms with Gasteiger partial charge in [-0.05, 0) is 38.3 Å². The van der Waals surface area contributed by atoms with Crippen LogP contribution in [-0.4, -0.2) is 41.3 Å². The molecular weight excluding hydrogens is 335 g/mol. The zero-order valence-corrected chi connectivity index (χ0v) is 14.2. The molecule has 1 aromatic rings. The lowest BCUT2D eigenvalue weighted by molar-refractivity contribution is -0.141. The van der Waals surface area contributed by atoms with E-state index in [4.69, 9.17) is 0 Å². The standard InChI is InChI=1S/C17H22F3N3O2/c1-12-13(7-8-14(22-12)17(18,19)20)16(25)21-9-5-11-23-10-4-2-3-6-15(23)24/h7-8H,2-6,9-11H2,1H3,(H,21,25). The van der Waals surface area contributed by atoms with Gasteiger partial charge in [0.2, 0.25) is 5.91 Å². The van der Waals surface area contributed by atoms with E-state index < -0.39 is 17.8 Å². The zero-order chi connectivity index (χ0) is 18.4. The molecule has 5 nitrogen and oxygen atoms in total. The number of halogens is 3. The first-order valence-corrected chi connectivity index (χ1v) is 8.40. The van der Waals surface area contributed by atoms with Crippen LogP contribution < -0.4 is 5.32 Å². The average Bonchev–Trinajstić information content (AvgIpc) is 2.75. The number of aryl methyl sites for hydroxylation is 1. The van der Waals surface area contributed by atoms with Crippen molar-refractivity contribution in [2.45, 2.75) is 45.2 Å². The van der Waals surface area contributed by atoms with E-state index in [2.05, 4.69) is 10.3 Å². The maximum Gasteiger partial charge on any atom is 0.433 e. The molecule has 1 fully saturated rings. The fraction of sp³-hybridized carbons (Fsp3) is 0.588. The Kier molecular flexibility index (Phi) is 6.39. The van der Waals surface area contributed by atoms with Crippen molar-refractivity contribution in [1.29, 1.82) is 0 Å². The minimum Gasteiger partial charge on any atom is -0.352 e. The summed E-state index contributed by atoms with van der Waals surface area (Å²) in [7, 11) is 0. The molecule has 0 atom stereocenters. The number of carbonyl (C=O) groups excluding carboxylic acids is 2. The Morgan fingerprint density at radius 2 is 2.04 bits per heavy atom. The highest BCUT2D eigenvalue weighted by Gasteiger charge is 2.33. The molecule has 0 aromatic carbocycles. The minimum atomic E-state index is -4.53. The van der Waals surface area contributed by atoms with Gasteiger partial charge in [-0.25, -0.2) is 4.98 Å². The molecule has 0 radical (unpaired) electrons. The van der Waals surface area contributed by atoms with Gasteiger partial charge >= 0.3 is 6.18 Å². The van der Waals surface area contributed by atoms with Gasteiger partial charge in [0.15, 0.2) is 0 Å². The summed E-state index contributed by atoms with van der Waals surface area (Å²) < 4.78 is 37.8. The minimum absolute atomic E-state index is 0.0371. The van der Waals surface area contributed by atoms with Crippen LogP contribution in [0.5, 0.6) is 0 Å². The van der Waals surface area contributed by atoms with E-state index in [0.29, 0.717) is 25.9 Å². The van der Waals surface area contributed by atoms with Crippen LogP contribution in [-0.2, 0) is 11.0 Å². The summed E-state index contributed by atoms with van der Waals surface area (Å²) in [5.41, 5.74) is -0.852. The number of carbonyl (C=O) groups is 2. The third-order valence-corrected chi connectivity index (χ3v) is 4.18. The molecular formula is C17H22F3N3O2. The molecule has 138 valence electrons. The quantitative estimate of drug-likeness (QED) is 0.824. The van der Waals surface area contributed by atoms with Crippen molar-refractivity contribution in [2.75, 3.05) is 19.6 Å². The Hall–Kier alpha value is -2.12. The highest BCUT2D eigenvalue weighted by Crippen LogP contribution is 2.28. The van der Waals surface area contributed by atoms with Crippen molar-refractivity contribution in [2.24, 2.45) is 0 Å². The van der Waals surface area contributed by atoms with Gasteiger partial charge < -0.3 is 10.2 Å². The van der Waals surface area contributed by atoms with Gasteiger partial charge in [-0.15, -0.1) is 0 Å². The van der Waals surface area contributed by atoms with Crippen LogP contribution in [0, 0.1) is 6.92 Å². The van der Waals surface area contributed by atoms with E-state index in [1.807, 2.05) is 4.90 Å². The second kappa shape index (κ2) is 8.31. The molecule has 0 bridgehead atoms. The summed E-state index contributed by atoms with van der Waals surface area (Å²) in [5, 5.41) is 2.67. The van der Waals surface area contributed by atoms with Crippen LogP contribution in [0.15, 0.2) is 12.1 Å². The number of amides is 2. The van der Waals surface area contributed by atoms with E-state index in [9.17, 15) is 22.8 Å². The predicted octanol–water partition coefficient (Wildman–Crippen LogP) is 2.93. The average molecular weight is 357 g/mol. The molecule has 1 aliphatic heterocycles. The van der Waals surface area contributed by atoms with Gasteiger partial charge in [-0.1, -0.05) is 6.42 Å². The molecule has 1 aromatic heterocycles. The van der Waals surface area contributed by atoms with Gasteiger partial charge in [0, 0.05) is 26.1 Å². The molecule has 25 heavy (non-hydrogen) atoms. The van der Waals surface area contributed by atoms with Crippen molar-refractivity contribution in [3.63, 3.8) is 0 Å². The number of alkyl halides is 3. The smallest absolute Gasteiger partial charge is 0.352 e. The number of nitrogens with one attached hydrogen (secondary N) is 1. The molecule has 1 N–H and O–H groups in total. The highest BCUT2D eigenvalue weighted by molar-refractivity contribution is 5.95. The Morgan fingerprint density at radius 3 is 2.72 bits per heavy atom. The lowest BCUT2D eigenvalue weighted by Crippen LogP contribution is -2.34. The number of aromatic nitrogens is 1. The Bertz CT molecular complexity index is 632. The molecule has 0 unspecified atom stereocenters. The van der Waals surface area contributed by atoms with Crippen LogP contribution in [0.3, 0.4) is 0 Å². The van der Waals surface area contributed by atoms with E-state index in [-0.39, 0.29) is 17.2 Å². The van der Waals surface area contributed by atoms with Gasteiger partial charge in [0.25, 0.3) is 5.91 Å². The molecule has 8 heteroatoms. The summed E-state index contributed by atoms with van der Waals surface area (Å²) >= 11 is 0. The summed E-state index contributed by atoms with van der Waals surface area (Å²) in [4.78, 5) is 29.2. The van der Waals surface area contributed by atoms with E-state index in [1.165, 1.54) is 6.92 Å². The van der Waals surface area contributed by atoms with Crippen LogP contribution >= 0.6 is 0 Å². The van der Waals surface area contributed by atoms with Crippen LogP contribution in [0.4, 0.5) is 13.2 Å². The summed E-state index contributed by atoms with van der Waals surface area (Å²) in [6, 6.07) is 1.94. The first kappa shape index (κ1) is 19.2. The first-order valence-electron chi connectivity index (χ1n) is 8.40. The number of nitrogens with zero attached hydrogens (tertiary/aromatic N) is 2. The fourth-order valence-corrected chi connectivity index (χ4v) is 2.80. The third kappa shape index (κ3) is 5.44. The topological polar surface area (TPSA) is 62.3 Å². The Morgan fingerprint density at radius 1 is 1.28 bits per heavy atom. The second-order valence-corrected chi connectivity index (χ2v) is 6.13. The van der Waals surface area contributed by atoms with Gasteiger partial charge in [0.1, 0.15) is 5.69 Å². The van der Waals surface area contributed by atoms with Gasteiger partial charge in [0.05, 0.1) is 11.3 Å². The van der Waals surface area contributed by atoms with Crippen molar-refractivity contribution in [3.8, 4) is 0 Å². The van der Waals surface area contributed by atoms with E-state index in [0.717, 1.165) is 37.9 Å². The van der Waals surface area contributed by atoms with Crippen molar-refractivity contribution < 1.29 is 22.8 Å². The maximum absolute atomic E-state index is 12.6. The molecule has 2 amide bonds.